The molecule has 22 heavy (non-hydrogen) atoms. The molecule has 0 spiro atoms. The maximum atomic E-state index is 11.9. The summed E-state index contributed by atoms with van der Waals surface area (Å²) in [6.07, 6.45) is 2.46. The number of hydrogen-bond acceptors (Lipinski definition) is 4. The van der Waals surface area contributed by atoms with Crippen LogP contribution in [0.15, 0.2) is 24.4 Å². The molecular formula is C17H21NO4. The summed E-state index contributed by atoms with van der Waals surface area (Å²) in [7, 11) is 0. The summed E-state index contributed by atoms with van der Waals surface area (Å²) in [5.41, 5.74) is 1.35. The van der Waals surface area contributed by atoms with E-state index in [1.54, 1.807) is 10.8 Å². The van der Waals surface area contributed by atoms with Crippen molar-refractivity contribution in [2.75, 3.05) is 13.2 Å². The Labute approximate surface area is 129 Å². The van der Waals surface area contributed by atoms with Gasteiger partial charge in [-0.2, -0.15) is 0 Å². The van der Waals surface area contributed by atoms with Crippen LogP contribution in [0.4, 0.5) is 0 Å². The molecule has 1 aromatic heterocycles. The number of rotatable bonds is 7. The van der Waals surface area contributed by atoms with E-state index in [2.05, 4.69) is 0 Å². The maximum Gasteiger partial charge on any atom is 0.325 e. The van der Waals surface area contributed by atoms with Crippen LogP contribution in [0.1, 0.15) is 31.1 Å². The predicted octanol–water partition coefficient (Wildman–Crippen LogP) is 3.05. The Morgan fingerprint density at radius 2 is 2.14 bits per heavy atom. The second kappa shape index (κ2) is 7.11. The largest absolute Gasteiger partial charge is 0.494 e. The Kier molecular flexibility index (Phi) is 5.20. The van der Waals surface area contributed by atoms with Crippen molar-refractivity contribution in [1.82, 2.24) is 4.57 Å². The van der Waals surface area contributed by atoms with E-state index < -0.39 is 0 Å². The van der Waals surface area contributed by atoms with Gasteiger partial charge in [-0.25, -0.2) is 0 Å². The zero-order valence-electron chi connectivity index (χ0n) is 13.2. The van der Waals surface area contributed by atoms with Crippen molar-refractivity contribution in [1.29, 1.82) is 0 Å². The predicted molar refractivity (Wildman–Crippen MR) is 84.3 cm³/mol. The van der Waals surface area contributed by atoms with E-state index in [0.29, 0.717) is 30.4 Å². The van der Waals surface area contributed by atoms with Gasteiger partial charge in [-0.05, 0) is 31.0 Å². The highest BCUT2D eigenvalue weighted by atomic mass is 16.5. The lowest BCUT2D eigenvalue weighted by Gasteiger charge is -2.09. The summed E-state index contributed by atoms with van der Waals surface area (Å²) in [5.74, 6) is 0.694. The number of aldehydes is 1. The summed E-state index contributed by atoms with van der Waals surface area (Å²) < 4.78 is 12.4. The summed E-state index contributed by atoms with van der Waals surface area (Å²) in [4.78, 5) is 23.1. The first-order valence-electron chi connectivity index (χ1n) is 7.41. The fourth-order valence-corrected chi connectivity index (χ4v) is 2.23. The average molecular weight is 303 g/mol. The van der Waals surface area contributed by atoms with Gasteiger partial charge in [-0.15, -0.1) is 0 Å². The zero-order chi connectivity index (χ0) is 16.1. The third kappa shape index (κ3) is 3.67. The van der Waals surface area contributed by atoms with Gasteiger partial charge in [0.15, 0.2) is 6.29 Å². The number of benzene rings is 1. The van der Waals surface area contributed by atoms with Crippen LogP contribution in [-0.2, 0) is 16.1 Å². The fourth-order valence-electron chi connectivity index (χ4n) is 2.23. The van der Waals surface area contributed by atoms with Gasteiger partial charge in [0.2, 0.25) is 0 Å². The number of ether oxygens (including phenoxy) is 2. The molecule has 2 aromatic rings. The minimum atomic E-state index is -0.308. The first-order chi connectivity index (χ1) is 10.5. The average Bonchev–Trinajstić information content (AvgIpc) is 2.83. The van der Waals surface area contributed by atoms with E-state index in [0.717, 1.165) is 17.2 Å². The van der Waals surface area contributed by atoms with E-state index in [1.165, 1.54) is 0 Å². The van der Waals surface area contributed by atoms with Crippen LogP contribution >= 0.6 is 0 Å². The molecule has 5 heteroatoms. The highest BCUT2D eigenvalue weighted by Crippen LogP contribution is 2.25. The van der Waals surface area contributed by atoms with Crippen molar-refractivity contribution in [3.8, 4) is 5.75 Å². The molecule has 0 atom stereocenters. The van der Waals surface area contributed by atoms with Crippen LogP contribution in [0.5, 0.6) is 5.75 Å². The molecule has 1 aromatic carbocycles. The van der Waals surface area contributed by atoms with E-state index >= 15 is 0 Å². The molecule has 0 aliphatic heterocycles. The molecular weight excluding hydrogens is 282 g/mol. The number of carbonyl (C=O) groups excluding carboxylic acids is 2. The Morgan fingerprint density at radius 1 is 1.36 bits per heavy atom. The van der Waals surface area contributed by atoms with E-state index in [9.17, 15) is 9.59 Å². The third-order valence-electron chi connectivity index (χ3n) is 3.20. The number of nitrogens with zero attached hydrogens (tertiary/aromatic N) is 1. The Bertz CT molecular complexity index is 673. The lowest BCUT2D eigenvalue weighted by atomic mass is 10.2. The molecule has 0 aliphatic carbocycles. The minimum Gasteiger partial charge on any atom is -0.494 e. The third-order valence-corrected chi connectivity index (χ3v) is 3.20. The van der Waals surface area contributed by atoms with Gasteiger partial charge in [0.05, 0.1) is 13.2 Å². The molecule has 2 rings (SSSR count). The monoisotopic (exact) mass is 303 g/mol. The molecule has 1 heterocycles. The van der Waals surface area contributed by atoms with Crippen molar-refractivity contribution < 1.29 is 19.1 Å². The second-order valence-electron chi connectivity index (χ2n) is 5.52. The maximum absolute atomic E-state index is 11.9. The molecule has 0 saturated carbocycles. The first kappa shape index (κ1) is 16.1. The lowest BCUT2D eigenvalue weighted by molar-refractivity contribution is -0.145. The summed E-state index contributed by atoms with van der Waals surface area (Å²) >= 11 is 0. The molecule has 118 valence electrons. The molecule has 5 nitrogen and oxygen atoms in total. The van der Waals surface area contributed by atoms with Crippen LogP contribution in [0, 0.1) is 5.92 Å². The molecule has 0 radical (unpaired) electrons. The highest BCUT2D eigenvalue weighted by Gasteiger charge is 2.13. The highest BCUT2D eigenvalue weighted by molar-refractivity contribution is 5.98. The Balaban J connectivity index is 2.26. The normalized spacial score (nSPS) is 10.9. The molecule has 0 saturated heterocycles. The van der Waals surface area contributed by atoms with Gasteiger partial charge in [0.25, 0.3) is 0 Å². The first-order valence-corrected chi connectivity index (χ1v) is 7.41. The molecule has 0 fully saturated rings. The van der Waals surface area contributed by atoms with Crippen molar-refractivity contribution in [2.24, 2.45) is 5.92 Å². The van der Waals surface area contributed by atoms with Crippen LogP contribution in [0.25, 0.3) is 10.9 Å². The van der Waals surface area contributed by atoms with Crippen molar-refractivity contribution in [3.05, 3.63) is 30.0 Å². The fraction of sp³-hybridized carbons (Fsp3) is 0.412. The summed E-state index contributed by atoms with van der Waals surface area (Å²) in [6.45, 7) is 6.92. The van der Waals surface area contributed by atoms with Gasteiger partial charge >= 0.3 is 5.97 Å². The lowest BCUT2D eigenvalue weighted by Crippen LogP contribution is -2.15. The second-order valence-corrected chi connectivity index (χ2v) is 5.52. The number of fused-ring (bicyclic) bond motifs is 1. The topological polar surface area (TPSA) is 57.5 Å². The number of esters is 1. The van der Waals surface area contributed by atoms with Gasteiger partial charge in [0.1, 0.15) is 12.3 Å². The van der Waals surface area contributed by atoms with Crippen LogP contribution in [0.3, 0.4) is 0 Å². The summed E-state index contributed by atoms with van der Waals surface area (Å²) in [5, 5.41) is 0.776. The van der Waals surface area contributed by atoms with Gasteiger partial charge in [-0.3, -0.25) is 9.59 Å². The Morgan fingerprint density at radius 3 is 2.77 bits per heavy atom. The quantitative estimate of drug-likeness (QED) is 0.582. The minimum absolute atomic E-state index is 0.0883. The molecule has 0 bridgehead atoms. The molecule has 0 N–H and O–H groups in total. The summed E-state index contributed by atoms with van der Waals surface area (Å²) in [6, 6.07) is 5.50. The number of carbonyl (C=O) groups is 2. The Hall–Kier alpha value is -2.30. The van der Waals surface area contributed by atoms with Crippen LogP contribution < -0.4 is 4.74 Å². The van der Waals surface area contributed by atoms with Crippen molar-refractivity contribution in [2.45, 2.75) is 27.3 Å². The van der Waals surface area contributed by atoms with Crippen molar-refractivity contribution >= 4 is 23.2 Å². The molecule has 0 aliphatic rings. The molecule has 0 unspecified atom stereocenters. The standard InChI is InChI=1S/C17H21NO4/c1-4-21-14-5-6-16-15(7-14)13(10-19)8-18(16)9-17(20)22-11-12(2)3/h5-8,10,12H,4,9,11H2,1-3H3. The number of hydrogen-bond donors (Lipinski definition) is 0. The van der Waals surface area contributed by atoms with Gasteiger partial charge in [-0.1, -0.05) is 13.8 Å². The van der Waals surface area contributed by atoms with Gasteiger partial charge < -0.3 is 14.0 Å². The van der Waals surface area contributed by atoms with Crippen LogP contribution in [0.2, 0.25) is 0 Å². The van der Waals surface area contributed by atoms with E-state index in [-0.39, 0.29) is 12.5 Å². The van der Waals surface area contributed by atoms with Gasteiger partial charge in [0, 0.05) is 22.7 Å². The van der Waals surface area contributed by atoms with E-state index in [4.69, 9.17) is 9.47 Å². The van der Waals surface area contributed by atoms with Crippen molar-refractivity contribution in [3.63, 3.8) is 0 Å². The zero-order valence-corrected chi connectivity index (χ0v) is 13.2. The molecule has 0 amide bonds. The number of aromatic nitrogens is 1. The van der Waals surface area contributed by atoms with E-state index in [1.807, 2.05) is 39.0 Å². The smallest absolute Gasteiger partial charge is 0.325 e. The SMILES string of the molecule is CCOc1ccc2c(c1)c(C=O)cn2CC(=O)OCC(C)C. The van der Waals surface area contributed by atoms with Crippen LogP contribution in [-0.4, -0.2) is 30.0 Å².